The molecule has 0 aliphatic rings. The summed E-state index contributed by atoms with van der Waals surface area (Å²) in [6.07, 6.45) is 4.86. The van der Waals surface area contributed by atoms with Gasteiger partial charge in [-0.3, -0.25) is 10.1 Å². The summed E-state index contributed by atoms with van der Waals surface area (Å²) < 4.78 is 0. The molecule has 0 aromatic heterocycles. The van der Waals surface area contributed by atoms with Crippen molar-refractivity contribution in [3.63, 3.8) is 0 Å². The van der Waals surface area contributed by atoms with Crippen molar-refractivity contribution in [1.82, 2.24) is 10.6 Å². The van der Waals surface area contributed by atoms with E-state index in [4.69, 9.17) is 12.2 Å². The topological polar surface area (TPSA) is 41.1 Å². The molecule has 3 nitrogen and oxygen atoms in total. The van der Waals surface area contributed by atoms with Gasteiger partial charge in [-0.15, -0.1) is 6.58 Å². The van der Waals surface area contributed by atoms with E-state index >= 15 is 0 Å². The Labute approximate surface area is 113 Å². The number of carbonyl (C=O) groups excluding carboxylic acids is 1. The fourth-order valence-corrected chi connectivity index (χ4v) is 1.40. The number of thiocarbonyl (C=S) groups is 1. The second-order valence-electron chi connectivity index (χ2n) is 3.73. The maximum Gasteiger partial charge on any atom is 0.250 e. The minimum Gasteiger partial charge on any atom is -0.359 e. The normalized spacial score (nSPS) is 10.1. The lowest BCUT2D eigenvalue weighted by Gasteiger charge is -2.04. The molecule has 0 spiro atoms. The molecular weight excluding hydrogens is 244 g/mol. The third kappa shape index (κ3) is 5.41. The molecule has 0 saturated carbocycles. The first-order chi connectivity index (χ1) is 8.61. The Kier molecular flexibility index (Phi) is 5.80. The summed E-state index contributed by atoms with van der Waals surface area (Å²) in [4.78, 5) is 11.5. The second-order valence-corrected chi connectivity index (χ2v) is 4.14. The lowest BCUT2D eigenvalue weighted by atomic mass is 10.1. The lowest BCUT2D eigenvalue weighted by molar-refractivity contribution is -0.115. The Hall–Kier alpha value is -1.94. The highest BCUT2D eigenvalue weighted by Gasteiger charge is 1.98. The van der Waals surface area contributed by atoms with Crippen molar-refractivity contribution < 1.29 is 4.79 Å². The fraction of sp³-hybridized carbons (Fsp3) is 0.143. The Morgan fingerprint density at radius 1 is 1.39 bits per heavy atom. The van der Waals surface area contributed by atoms with Crippen molar-refractivity contribution in [3.05, 3.63) is 54.1 Å². The third-order valence-electron chi connectivity index (χ3n) is 2.15. The number of hydrogen-bond donors (Lipinski definition) is 2. The minimum atomic E-state index is -0.253. The van der Waals surface area contributed by atoms with E-state index in [0.29, 0.717) is 11.7 Å². The van der Waals surface area contributed by atoms with Crippen molar-refractivity contribution in [3.8, 4) is 0 Å². The van der Waals surface area contributed by atoms with Crippen molar-refractivity contribution >= 4 is 29.3 Å². The largest absolute Gasteiger partial charge is 0.359 e. The molecule has 0 saturated heterocycles. The molecular formula is C14H16N2OS. The van der Waals surface area contributed by atoms with E-state index in [0.717, 1.165) is 5.56 Å². The van der Waals surface area contributed by atoms with Crippen LogP contribution in [0.1, 0.15) is 11.1 Å². The smallest absolute Gasteiger partial charge is 0.250 e. The Balaban J connectivity index is 2.46. The number of rotatable bonds is 4. The standard InChI is InChI=1S/C14H16N2OS/c1-3-10-15-14(18)16-13(17)9-8-12-6-4-11(2)5-7-12/h3-9H,1,10H2,2H3,(H2,15,16,17,18)/b9-8+. The van der Waals surface area contributed by atoms with Crippen molar-refractivity contribution in [1.29, 1.82) is 0 Å². The van der Waals surface area contributed by atoms with E-state index in [1.807, 2.05) is 31.2 Å². The highest BCUT2D eigenvalue weighted by molar-refractivity contribution is 7.80. The molecule has 94 valence electrons. The zero-order chi connectivity index (χ0) is 13.4. The van der Waals surface area contributed by atoms with Crippen LogP contribution in [0.5, 0.6) is 0 Å². The summed E-state index contributed by atoms with van der Waals surface area (Å²) in [5, 5.41) is 5.66. The van der Waals surface area contributed by atoms with Crippen LogP contribution in [-0.2, 0) is 4.79 Å². The Morgan fingerprint density at radius 3 is 2.67 bits per heavy atom. The number of nitrogens with one attached hydrogen (secondary N) is 2. The minimum absolute atomic E-state index is 0.253. The van der Waals surface area contributed by atoms with Gasteiger partial charge in [0, 0.05) is 12.6 Å². The van der Waals surface area contributed by atoms with Crippen LogP contribution in [0.2, 0.25) is 0 Å². The number of carbonyl (C=O) groups is 1. The molecule has 18 heavy (non-hydrogen) atoms. The number of hydrogen-bond acceptors (Lipinski definition) is 2. The van der Waals surface area contributed by atoms with Crippen LogP contribution in [0.25, 0.3) is 6.08 Å². The van der Waals surface area contributed by atoms with Gasteiger partial charge >= 0.3 is 0 Å². The van der Waals surface area contributed by atoms with E-state index in [-0.39, 0.29) is 5.91 Å². The van der Waals surface area contributed by atoms with Gasteiger partial charge in [-0.2, -0.15) is 0 Å². The van der Waals surface area contributed by atoms with Crippen molar-refractivity contribution in [2.45, 2.75) is 6.92 Å². The molecule has 1 amide bonds. The molecule has 2 N–H and O–H groups in total. The number of benzene rings is 1. The summed E-state index contributed by atoms with van der Waals surface area (Å²) in [6, 6.07) is 7.89. The van der Waals surface area contributed by atoms with Crippen LogP contribution in [0.15, 0.2) is 43.0 Å². The summed E-state index contributed by atoms with van der Waals surface area (Å²) in [5.41, 5.74) is 2.16. The first-order valence-corrected chi connectivity index (χ1v) is 5.97. The Bertz CT molecular complexity index is 463. The average Bonchev–Trinajstić information content (AvgIpc) is 2.35. The second kappa shape index (κ2) is 7.40. The Morgan fingerprint density at radius 2 is 2.06 bits per heavy atom. The van der Waals surface area contributed by atoms with Crippen LogP contribution in [0, 0.1) is 6.92 Å². The summed E-state index contributed by atoms with van der Waals surface area (Å²) in [7, 11) is 0. The van der Waals surface area contributed by atoms with Crippen LogP contribution in [0.3, 0.4) is 0 Å². The van der Waals surface area contributed by atoms with Gasteiger partial charge in [0.05, 0.1) is 0 Å². The van der Waals surface area contributed by atoms with Crippen molar-refractivity contribution in [2.24, 2.45) is 0 Å². The fourth-order valence-electron chi connectivity index (χ4n) is 1.21. The molecule has 0 atom stereocenters. The van der Waals surface area contributed by atoms with E-state index in [9.17, 15) is 4.79 Å². The van der Waals surface area contributed by atoms with Crippen LogP contribution in [-0.4, -0.2) is 17.6 Å². The van der Waals surface area contributed by atoms with Gasteiger partial charge in [-0.25, -0.2) is 0 Å². The predicted octanol–water partition coefficient (Wildman–Crippen LogP) is 2.18. The molecule has 0 radical (unpaired) electrons. The van der Waals surface area contributed by atoms with Gasteiger partial charge in [0.1, 0.15) is 0 Å². The molecule has 1 rings (SSSR count). The molecule has 1 aromatic rings. The maximum absolute atomic E-state index is 11.5. The van der Waals surface area contributed by atoms with Gasteiger partial charge in [0.25, 0.3) is 0 Å². The average molecular weight is 260 g/mol. The summed E-state index contributed by atoms with van der Waals surface area (Å²) in [6.45, 7) is 6.09. The first-order valence-electron chi connectivity index (χ1n) is 5.56. The molecule has 0 unspecified atom stereocenters. The number of amides is 1. The van der Waals surface area contributed by atoms with Gasteiger partial charge < -0.3 is 5.32 Å². The predicted molar refractivity (Wildman–Crippen MR) is 79.2 cm³/mol. The van der Waals surface area contributed by atoms with E-state index < -0.39 is 0 Å². The van der Waals surface area contributed by atoms with Crippen LogP contribution >= 0.6 is 12.2 Å². The monoisotopic (exact) mass is 260 g/mol. The van der Waals surface area contributed by atoms with E-state index in [1.165, 1.54) is 11.6 Å². The molecule has 0 heterocycles. The molecule has 4 heteroatoms. The maximum atomic E-state index is 11.5. The third-order valence-corrected chi connectivity index (χ3v) is 2.39. The van der Waals surface area contributed by atoms with Gasteiger partial charge in [-0.05, 0) is 30.8 Å². The highest BCUT2D eigenvalue weighted by Crippen LogP contribution is 2.04. The zero-order valence-corrected chi connectivity index (χ0v) is 11.1. The van der Waals surface area contributed by atoms with Crippen LogP contribution < -0.4 is 10.6 Å². The summed E-state index contributed by atoms with van der Waals surface area (Å²) in [5.74, 6) is -0.253. The SMILES string of the molecule is C=CCNC(=S)NC(=O)/C=C/c1ccc(C)cc1. The van der Waals surface area contributed by atoms with Gasteiger partial charge in [0.15, 0.2) is 5.11 Å². The lowest BCUT2D eigenvalue weighted by Crippen LogP contribution is -2.38. The number of aryl methyl sites for hydroxylation is 1. The molecule has 0 bridgehead atoms. The van der Waals surface area contributed by atoms with Crippen molar-refractivity contribution in [2.75, 3.05) is 6.54 Å². The van der Waals surface area contributed by atoms with Gasteiger partial charge in [0.2, 0.25) is 5.91 Å². The summed E-state index contributed by atoms with van der Waals surface area (Å²) >= 11 is 4.92. The molecule has 0 aliphatic heterocycles. The molecule has 1 aromatic carbocycles. The van der Waals surface area contributed by atoms with Gasteiger partial charge in [-0.1, -0.05) is 35.9 Å². The zero-order valence-electron chi connectivity index (χ0n) is 10.3. The molecule has 0 aliphatic carbocycles. The quantitative estimate of drug-likeness (QED) is 0.495. The highest BCUT2D eigenvalue weighted by atomic mass is 32.1. The first kappa shape index (κ1) is 14.1. The molecule has 0 fully saturated rings. The van der Waals surface area contributed by atoms with E-state index in [2.05, 4.69) is 17.2 Å². The van der Waals surface area contributed by atoms with E-state index in [1.54, 1.807) is 12.2 Å². The van der Waals surface area contributed by atoms with Crippen LogP contribution in [0.4, 0.5) is 0 Å².